The second kappa shape index (κ2) is 6.15. The van der Waals surface area contributed by atoms with E-state index >= 15 is 0 Å². The number of nitrogens with two attached hydrogens (primary N) is 1. The number of likely N-dealkylation sites (tertiary alicyclic amines) is 1. The number of anilines is 1. The average molecular weight is 376 g/mol. The predicted molar refractivity (Wildman–Crippen MR) is 103 cm³/mol. The van der Waals surface area contributed by atoms with Crippen molar-refractivity contribution in [1.29, 1.82) is 0 Å². The molecule has 5 rings (SSSR count). The van der Waals surface area contributed by atoms with Crippen molar-refractivity contribution in [2.24, 2.45) is 5.18 Å². The van der Waals surface area contributed by atoms with Gasteiger partial charge < -0.3 is 15.1 Å². The van der Waals surface area contributed by atoms with Crippen LogP contribution in [0.4, 0.5) is 6.01 Å². The van der Waals surface area contributed by atoms with Crippen LogP contribution >= 0.6 is 0 Å². The summed E-state index contributed by atoms with van der Waals surface area (Å²) in [6.45, 7) is 0.867. The van der Waals surface area contributed by atoms with E-state index in [-0.39, 0.29) is 18.0 Å². The first-order valence-electron chi connectivity index (χ1n) is 8.87. The minimum absolute atomic E-state index is 0.124. The highest BCUT2D eigenvalue weighted by Gasteiger charge is 2.29. The third kappa shape index (κ3) is 2.59. The number of nitroso groups, excluding NO2 is 1. The second-order valence-electron chi connectivity index (χ2n) is 6.82. The molecule has 4 aromatic rings. The van der Waals surface area contributed by atoms with Crippen molar-refractivity contribution in [2.75, 3.05) is 18.8 Å². The number of hydrogen-bond donors (Lipinski definition) is 1. The van der Waals surface area contributed by atoms with Crippen LogP contribution in [-0.2, 0) is 0 Å². The lowest BCUT2D eigenvalue weighted by Gasteiger charge is -2.15. The van der Waals surface area contributed by atoms with E-state index in [0.29, 0.717) is 42.0 Å². The topological polar surface area (TPSA) is 119 Å². The largest absolute Gasteiger partial charge is 0.424 e. The number of rotatable bonds is 3. The maximum atomic E-state index is 12.9. The van der Waals surface area contributed by atoms with Gasteiger partial charge in [-0.1, -0.05) is 11.2 Å². The molecule has 28 heavy (non-hydrogen) atoms. The van der Waals surface area contributed by atoms with E-state index in [0.717, 1.165) is 11.1 Å². The first-order valence-corrected chi connectivity index (χ1v) is 8.87. The van der Waals surface area contributed by atoms with E-state index in [1.807, 2.05) is 36.5 Å². The molecule has 0 bridgehead atoms. The Morgan fingerprint density at radius 3 is 2.93 bits per heavy atom. The Labute approximate surface area is 158 Å². The van der Waals surface area contributed by atoms with E-state index in [1.165, 1.54) is 0 Å². The third-order valence-corrected chi connectivity index (χ3v) is 5.06. The van der Waals surface area contributed by atoms with E-state index in [2.05, 4.69) is 15.1 Å². The van der Waals surface area contributed by atoms with Crippen LogP contribution < -0.4 is 5.73 Å². The normalized spacial score (nSPS) is 16.9. The lowest BCUT2D eigenvalue weighted by molar-refractivity contribution is 0.0784. The highest BCUT2D eigenvalue weighted by Crippen LogP contribution is 2.26. The summed E-state index contributed by atoms with van der Waals surface area (Å²) >= 11 is 0. The zero-order valence-corrected chi connectivity index (χ0v) is 14.8. The number of amides is 1. The highest BCUT2D eigenvalue weighted by molar-refractivity contribution is 5.93. The van der Waals surface area contributed by atoms with Crippen molar-refractivity contribution in [1.82, 2.24) is 19.3 Å². The number of hydrogen-bond acceptors (Lipinski definition) is 7. The molecule has 0 spiro atoms. The van der Waals surface area contributed by atoms with Crippen molar-refractivity contribution in [3.8, 4) is 11.1 Å². The molecule has 1 saturated heterocycles. The molecule has 2 N–H and O–H groups in total. The molecule has 1 aromatic carbocycles. The quantitative estimate of drug-likeness (QED) is 0.549. The van der Waals surface area contributed by atoms with Gasteiger partial charge in [-0.3, -0.25) is 9.20 Å². The van der Waals surface area contributed by atoms with Crippen molar-refractivity contribution < 1.29 is 9.21 Å². The molecule has 1 fully saturated rings. The molecule has 3 aromatic heterocycles. The maximum absolute atomic E-state index is 12.9. The van der Waals surface area contributed by atoms with Crippen molar-refractivity contribution in [3.05, 3.63) is 53.3 Å². The van der Waals surface area contributed by atoms with Gasteiger partial charge in [0, 0.05) is 19.3 Å². The molecule has 140 valence electrons. The molecule has 0 saturated carbocycles. The first-order chi connectivity index (χ1) is 13.6. The molecule has 1 aliphatic heterocycles. The summed E-state index contributed by atoms with van der Waals surface area (Å²) in [5.74, 6) is -0.157. The predicted octanol–water partition coefficient (Wildman–Crippen LogP) is 2.71. The third-order valence-electron chi connectivity index (χ3n) is 5.06. The minimum Gasteiger partial charge on any atom is -0.424 e. The lowest BCUT2D eigenvalue weighted by Crippen LogP contribution is -2.30. The number of carbonyl (C=O) groups is 1. The number of aromatic nitrogens is 3. The number of imidazole rings is 1. The lowest BCUT2D eigenvalue weighted by atomic mass is 10.1. The minimum atomic E-state index is -0.333. The van der Waals surface area contributed by atoms with Gasteiger partial charge in [-0.25, -0.2) is 4.98 Å². The smallest absolute Gasteiger partial charge is 0.292 e. The summed E-state index contributed by atoms with van der Waals surface area (Å²) in [4.78, 5) is 33.8. The fourth-order valence-electron chi connectivity index (χ4n) is 3.61. The van der Waals surface area contributed by atoms with Gasteiger partial charge in [0.15, 0.2) is 5.58 Å². The Balaban J connectivity index is 1.54. The molecule has 9 nitrogen and oxygen atoms in total. The highest BCUT2D eigenvalue weighted by atomic mass is 16.4. The SMILES string of the molecule is Nc1nc2cc(-c3ccc4ncc(C(=O)N5CCC(N=O)C5)n4c3)ccc2o1. The number of carbonyl (C=O) groups excluding carboxylic acids is 1. The zero-order valence-electron chi connectivity index (χ0n) is 14.8. The summed E-state index contributed by atoms with van der Waals surface area (Å²) in [6.07, 6.45) is 4.02. The van der Waals surface area contributed by atoms with Crippen LogP contribution in [0, 0.1) is 4.91 Å². The van der Waals surface area contributed by atoms with Gasteiger partial charge in [0.25, 0.3) is 11.9 Å². The van der Waals surface area contributed by atoms with Crippen molar-refractivity contribution in [3.63, 3.8) is 0 Å². The van der Waals surface area contributed by atoms with Gasteiger partial charge in [-0.15, -0.1) is 0 Å². The fourth-order valence-corrected chi connectivity index (χ4v) is 3.61. The van der Waals surface area contributed by atoms with Gasteiger partial charge in [-0.2, -0.15) is 9.89 Å². The zero-order chi connectivity index (χ0) is 19.3. The van der Waals surface area contributed by atoms with Crippen LogP contribution in [0.25, 0.3) is 27.9 Å². The van der Waals surface area contributed by atoms with Crippen LogP contribution in [0.15, 0.2) is 52.3 Å². The summed E-state index contributed by atoms with van der Waals surface area (Å²) in [5, 5.41) is 3.06. The Hall–Kier alpha value is -3.75. The van der Waals surface area contributed by atoms with Crippen molar-refractivity contribution in [2.45, 2.75) is 12.5 Å². The molecule has 1 amide bonds. The van der Waals surface area contributed by atoms with Crippen LogP contribution in [0.5, 0.6) is 0 Å². The van der Waals surface area contributed by atoms with Crippen LogP contribution in [0.2, 0.25) is 0 Å². The number of nitrogen functional groups attached to an aromatic ring is 1. The maximum Gasteiger partial charge on any atom is 0.292 e. The molecule has 0 radical (unpaired) electrons. The number of pyridine rings is 1. The number of benzene rings is 1. The Morgan fingerprint density at radius 1 is 1.25 bits per heavy atom. The summed E-state index contributed by atoms with van der Waals surface area (Å²) < 4.78 is 7.08. The van der Waals surface area contributed by atoms with Crippen LogP contribution in [-0.4, -0.2) is 44.3 Å². The number of nitrogens with zero attached hydrogens (tertiary/aromatic N) is 5. The Morgan fingerprint density at radius 2 is 2.11 bits per heavy atom. The molecule has 0 aliphatic carbocycles. The van der Waals surface area contributed by atoms with Gasteiger partial charge in [0.2, 0.25) is 0 Å². The summed E-state index contributed by atoms with van der Waals surface area (Å²) in [7, 11) is 0. The Kier molecular flexibility index (Phi) is 3.61. The molecule has 1 atom stereocenters. The van der Waals surface area contributed by atoms with Gasteiger partial charge in [-0.05, 0) is 41.8 Å². The molecule has 9 heteroatoms. The monoisotopic (exact) mass is 376 g/mol. The van der Waals surface area contributed by atoms with E-state index in [9.17, 15) is 9.70 Å². The summed E-state index contributed by atoms with van der Waals surface area (Å²) in [6, 6.07) is 9.19. The van der Waals surface area contributed by atoms with Gasteiger partial charge in [0.05, 0.1) is 6.20 Å². The number of fused-ring (bicyclic) bond motifs is 2. The fraction of sp³-hybridized carbons (Fsp3) is 0.211. The molecular weight excluding hydrogens is 360 g/mol. The van der Waals surface area contributed by atoms with Crippen LogP contribution in [0.3, 0.4) is 0 Å². The van der Waals surface area contributed by atoms with Crippen molar-refractivity contribution >= 4 is 28.7 Å². The van der Waals surface area contributed by atoms with Gasteiger partial charge in [0.1, 0.15) is 22.9 Å². The first kappa shape index (κ1) is 16.4. The molecular formula is C19H16N6O3. The molecule has 1 aliphatic rings. The van der Waals surface area contributed by atoms with Crippen LogP contribution in [0.1, 0.15) is 16.9 Å². The van der Waals surface area contributed by atoms with E-state index in [4.69, 9.17) is 10.2 Å². The second-order valence-corrected chi connectivity index (χ2v) is 6.82. The summed E-state index contributed by atoms with van der Waals surface area (Å²) in [5.41, 5.74) is 9.84. The molecule has 4 heterocycles. The standard InChI is InChI=1S/C19H16N6O3/c20-19-22-14-7-11(1-3-16(14)28-19)12-2-4-17-21-8-15(25(17)9-12)18(26)24-6-5-13(10-24)23-27/h1-4,7-9,13H,5-6,10H2,(H2,20,22). The number of oxazole rings is 1. The van der Waals surface area contributed by atoms with Gasteiger partial charge >= 0.3 is 0 Å². The Bertz CT molecular complexity index is 1230. The average Bonchev–Trinajstić information content (AvgIpc) is 3.43. The van der Waals surface area contributed by atoms with E-state index < -0.39 is 0 Å². The van der Waals surface area contributed by atoms with E-state index in [1.54, 1.807) is 15.5 Å². The molecule has 1 unspecified atom stereocenters.